The molecule has 35 heavy (non-hydrogen) atoms. The van der Waals surface area contributed by atoms with Crippen molar-refractivity contribution in [3.05, 3.63) is 87.4 Å². The second-order valence-electron chi connectivity index (χ2n) is 9.43. The predicted molar refractivity (Wildman–Crippen MR) is 142 cm³/mol. The van der Waals surface area contributed by atoms with Gasteiger partial charge in [0.25, 0.3) is 5.56 Å². The Kier molecular flexibility index (Phi) is 6.60. The number of fused-ring (bicyclic) bond motifs is 1. The van der Waals surface area contributed by atoms with Gasteiger partial charge >= 0.3 is 0 Å². The molecule has 1 saturated heterocycles. The van der Waals surface area contributed by atoms with Crippen molar-refractivity contribution in [2.24, 2.45) is 0 Å². The second-order valence-corrected chi connectivity index (χ2v) is 9.87. The predicted octanol–water partition coefficient (Wildman–Crippen LogP) is 4.90. The summed E-state index contributed by atoms with van der Waals surface area (Å²) in [6.45, 7) is 4.55. The van der Waals surface area contributed by atoms with E-state index in [9.17, 15) is 9.90 Å². The summed E-state index contributed by atoms with van der Waals surface area (Å²) in [7, 11) is 2.09. The molecule has 0 saturated carbocycles. The Morgan fingerprint density at radius 3 is 2.83 bits per heavy atom. The molecule has 2 aromatic carbocycles. The lowest BCUT2D eigenvalue weighted by Crippen LogP contribution is -2.35. The van der Waals surface area contributed by atoms with Crippen molar-refractivity contribution in [3.63, 3.8) is 0 Å². The number of nitrogens with zero attached hydrogens (tertiary/aromatic N) is 3. The SMILES string of the molecule is Cc1cc(Cl)cc(-c2cnc3ccn(-c4cccc(O)c4)c(=O)c3c2CN(C)C[C@@H]2CCCN2)c1. The summed E-state index contributed by atoms with van der Waals surface area (Å²) >= 11 is 6.41. The van der Waals surface area contributed by atoms with Gasteiger partial charge in [-0.05, 0) is 80.4 Å². The monoisotopic (exact) mass is 488 g/mol. The van der Waals surface area contributed by atoms with Gasteiger partial charge in [-0.25, -0.2) is 0 Å². The van der Waals surface area contributed by atoms with E-state index in [2.05, 4.69) is 28.3 Å². The molecular weight excluding hydrogens is 460 g/mol. The second kappa shape index (κ2) is 9.82. The molecular formula is C28H29ClN4O2. The van der Waals surface area contributed by atoms with Crippen molar-refractivity contribution in [2.75, 3.05) is 20.1 Å². The molecule has 0 bridgehead atoms. The highest BCUT2D eigenvalue weighted by molar-refractivity contribution is 6.31. The van der Waals surface area contributed by atoms with Crippen LogP contribution < -0.4 is 10.9 Å². The first-order valence-electron chi connectivity index (χ1n) is 11.9. The number of phenolic OH excluding ortho intramolecular Hbond substituents is 1. The summed E-state index contributed by atoms with van der Waals surface area (Å²) in [5.74, 6) is 0.111. The zero-order valence-electron chi connectivity index (χ0n) is 20.0. The number of pyridine rings is 2. The van der Waals surface area contributed by atoms with Crippen LogP contribution in [-0.4, -0.2) is 45.7 Å². The summed E-state index contributed by atoms with van der Waals surface area (Å²) in [4.78, 5) is 20.8. The van der Waals surface area contributed by atoms with Gasteiger partial charge in [0.1, 0.15) is 5.75 Å². The maximum absolute atomic E-state index is 13.9. The molecule has 5 rings (SSSR count). The van der Waals surface area contributed by atoms with Crippen LogP contribution in [0.1, 0.15) is 24.0 Å². The van der Waals surface area contributed by atoms with Crippen molar-refractivity contribution in [2.45, 2.75) is 32.4 Å². The van der Waals surface area contributed by atoms with Crippen LogP contribution >= 0.6 is 11.6 Å². The molecule has 7 heteroatoms. The highest BCUT2D eigenvalue weighted by atomic mass is 35.5. The van der Waals surface area contributed by atoms with E-state index in [1.54, 1.807) is 29.0 Å². The number of rotatable bonds is 6. The minimum atomic E-state index is -0.163. The zero-order valence-corrected chi connectivity index (χ0v) is 20.7. The van der Waals surface area contributed by atoms with Crippen LogP contribution in [0.4, 0.5) is 0 Å². The van der Waals surface area contributed by atoms with E-state index in [1.807, 2.05) is 37.4 Å². The summed E-state index contributed by atoms with van der Waals surface area (Å²) in [5, 5.41) is 14.8. The molecule has 180 valence electrons. The first-order chi connectivity index (χ1) is 16.9. The molecule has 1 fully saturated rings. The Morgan fingerprint density at radius 1 is 1.23 bits per heavy atom. The van der Waals surface area contributed by atoms with Crippen LogP contribution in [0.2, 0.25) is 5.02 Å². The maximum atomic E-state index is 13.9. The minimum absolute atomic E-state index is 0.111. The Labute approximate surface area is 209 Å². The Morgan fingerprint density at radius 2 is 2.09 bits per heavy atom. The Balaban J connectivity index is 1.70. The normalized spacial score (nSPS) is 15.8. The molecule has 1 atom stereocenters. The Bertz CT molecular complexity index is 1420. The smallest absolute Gasteiger partial charge is 0.264 e. The number of halogens is 1. The number of hydrogen-bond donors (Lipinski definition) is 2. The van der Waals surface area contributed by atoms with Crippen molar-refractivity contribution < 1.29 is 5.11 Å². The van der Waals surface area contributed by atoms with E-state index in [-0.39, 0.29) is 11.3 Å². The molecule has 2 N–H and O–H groups in total. The van der Waals surface area contributed by atoms with Crippen LogP contribution in [0.3, 0.4) is 0 Å². The number of aryl methyl sites for hydroxylation is 1. The van der Waals surface area contributed by atoms with Gasteiger partial charge in [0, 0.05) is 48.2 Å². The average molecular weight is 489 g/mol. The number of nitrogens with one attached hydrogen (secondary N) is 1. The maximum Gasteiger partial charge on any atom is 0.264 e. The van der Waals surface area contributed by atoms with Crippen LogP contribution in [0.25, 0.3) is 27.7 Å². The van der Waals surface area contributed by atoms with Gasteiger partial charge in [0.2, 0.25) is 0 Å². The van der Waals surface area contributed by atoms with Crippen LogP contribution in [-0.2, 0) is 6.54 Å². The minimum Gasteiger partial charge on any atom is -0.508 e. The molecule has 3 heterocycles. The molecule has 0 amide bonds. The van der Waals surface area contributed by atoms with E-state index in [0.717, 1.165) is 41.8 Å². The Hall–Kier alpha value is -3.19. The third kappa shape index (κ3) is 4.96. The number of hydrogen-bond acceptors (Lipinski definition) is 5. The zero-order chi connectivity index (χ0) is 24.5. The van der Waals surface area contributed by atoms with E-state index in [4.69, 9.17) is 11.6 Å². The first-order valence-corrected chi connectivity index (χ1v) is 12.3. The van der Waals surface area contributed by atoms with Gasteiger partial charge in [-0.2, -0.15) is 0 Å². The number of aromatic hydroxyl groups is 1. The fraction of sp³-hybridized carbons (Fsp3) is 0.286. The third-order valence-corrected chi connectivity index (χ3v) is 6.83. The highest BCUT2D eigenvalue weighted by Crippen LogP contribution is 2.31. The number of benzene rings is 2. The summed E-state index contributed by atoms with van der Waals surface area (Å²) in [6.07, 6.45) is 5.92. The topological polar surface area (TPSA) is 70.4 Å². The van der Waals surface area contributed by atoms with Crippen molar-refractivity contribution in [1.82, 2.24) is 19.8 Å². The lowest BCUT2D eigenvalue weighted by Gasteiger charge is -2.23. The van der Waals surface area contributed by atoms with Gasteiger partial charge < -0.3 is 15.3 Å². The molecule has 6 nitrogen and oxygen atoms in total. The van der Waals surface area contributed by atoms with Gasteiger partial charge in [-0.3, -0.25) is 14.3 Å². The number of phenols is 1. The number of aromatic nitrogens is 2. The standard InChI is InChI=1S/C28H29ClN4O2/c1-18-11-19(13-20(29)12-18)24-15-31-26-8-10-33(22-6-3-7-23(34)14-22)28(35)27(26)25(24)17-32(2)16-21-5-4-9-30-21/h3,6-8,10-15,21,30,34H,4-5,9,16-17H2,1-2H3/t21-/m0/s1. The van der Waals surface area contributed by atoms with Gasteiger partial charge in [0.05, 0.1) is 16.6 Å². The fourth-order valence-corrected chi connectivity index (χ4v) is 5.33. The molecule has 0 unspecified atom stereocenters. The summed E-state index contributed by atoms with van der Waals surface area (Å²) < 4.78 is 1.57. The average Bonchev–Trinajstić information content (AvgIpc) is 3.31. The molecule has 1 aliphatic heterocycles. The van der Waals surface area contributed by atoms with Gasteiger partial charge in [-0.15, -0.1) is 0 Å². The van der Waals surface area contributed by atoms with Crippen LogP contribution in [0, 0.1) is 6.92 Å². The highest BCUT2D eigenvalue weighted by Gasteiger charge is 2.20. The largest absolute Gasteiger partial charge is 0.508 e. The van der Waals surface area contributed by atoms with Crippen molar-refractivity contribution in [3.8, 4) is 22.6 Å². The van der Waals surface area contributed by atoms with E-state index >= 15 is 0 Å². The van der Waals surface area contributed by atoms with E-state index < -0.39 is 0 Å². The van der Waals surface area contributed by atoms with Gasteiger partial charge in [-0.1, -0.05) is 23.7 Å². The molecule has 1 aliphatic rings. The molecule has 0 spiro atoms. The number of likely N-dealkylation sites (N-methyl/N-ethyl adjacent to an activating group) is 1. The quantitative estimate of drug-likeness (QED) is 0.404. The lowest BCUT2D eigenvalue weighted by molar-refractivity contribution is 0.294. The molecule has 2 aromatic heterocycles. The summed E-state index contributed by atoms with van der Waals surface area (Å²) in [6, 6.07) is 15.0. The van der Waals surface area contributed by atoms with Gasteiger partial charge in [0.15, 0.2) is 0 Å². The van der Waals surface area contributed by atoms with Crippen LogP contribution in [0.5, 0.6) is 5.75 Å². The third-order valence-electron chi connectivity index (χ3n) is 6.61. The fourth-order valence-electron chi connectivity index (χ4n) is 5.04. The molecule has 0 radical (unpaired) electrons. The summed E-state index contributed by atoms with van der Waals surface area (Å²) in [5.41, 5.74) is 4.92. The first kappa shape index (κ1) is 23.5. The lowest BCUT2D eigenvalue weighted by atomic mass is 9.96. The van der Waals surface area contributed by atoms with Crippen molar-refractivity contribution in [1.29, 1.82) is 0 Å². The molecule has 4 aromatic rings. The molecule has 0 aliphatic carbocycles. The van der Waals surface area contributed by atoms with Crippen LogP contribution in [0.15, 0.2) is 65.7 Å². The van der Waals surface area contributed by atoms with E-state index in [1.165, 1.54) is 6.42 Å². The van der Waals surface area contributed by atoms with Crippen molar-refractivity contribution >= 4 is 22.5 Å². The van der Waals surface area contributed by atoms with E-state index in [0.29, 0.717) is 34.2 Å².